The molecule has 1 aromatic rings. The van der Waals surface area contributed by atoms with Crippen LogP contribution in [-0.2, 0) is 10.0 Å². The molecule has 0 amide bonds. The van der Waals surface area contributed by atoms with Gasteiger partial charge in [-0.05, 0) is 45.2 Å². The molecule has 1 aliphatic heterocycles. The Morgan fingerprint density at radius 1 is 1.55 bits per heavy atom. The highest BCUT2D eigenvalue weighted by Gasteiger charge is 2.28. The minimum Gasteiger partial charge on any atom is -0.469 e. The van der Waals surface area contributed by atoms with E-state index in [2.05, 4.69) is 5.32 Å². The lowest BCUT2D eigenvalue weighted by Crippen LogP contribution is -2.40. The summed E-state index contributed by atoms with van der Waals surface area (Å²) in [7, 11) is -1.13. The van der Waals surface area contributed by atoms with Crippen LogP contribution < -0.4 is 5.32 Å². The van der Waals surface area contributed by atoms with Gasteiger partial charge in [-0.25, -0.2) is 12.7 Å². The topological polar surface area (TPSA) is 62.6 Å². The zero-order valence-corrected chi connectivity index (χ0v) is 13.2. The number of hydrogen-bond donors (Lipinski definition) is 1. The first-order chi connectivity index (χ1) is 9.40. The summed E-state index contributed by atoms with van der Waals surface area (Å²) in [6, 6.07) is 2.26. The van der Waals surface area contributed by atoms with Gasteiger partial charge in [0, 0.05) is 24.7 Å². The molecule has 2 atom stereocenters. The predicted molar refractivity (Wildman–Crippen MR) is 79.0 cm³/mol. The zero-order valence-electron chi connectivity index (χ0n) is 12.4. The lowest BCUT2D eigenvalue weighted by molar-refractivity contribution is 0.240. The van der Waals surface area contributed by atoms with Gasteiger partial charge in [0.25, 0.3) is 0 Å². The number of furan rings is 1. The first-order valence-corrected chi connectivity index (χ1v) is 8.92. The molecule has 1 aromatic heterocycles. The van der Waals surface area contributed by atoms with Gasteiger partial charge in [-0.15, -0.1) is 0 Å². The van der Waals surface area contributed by atoms with Gasteiger partial charge in [0.15, 0.2) is 0 Å². The average molecular weight is 300 g/mol. The van der Waals surface area contributed by atoms with E-state index in [4.69, 9.17) is 4.42 Å². The number of piperidine rings is 1. The summed E-state index contributed by atoms with van der Waals surface area (Å²) in [4.78, 5) is 0. The third-order valence-corrected chi connectivity index (χ3v) is 5.29. The van der Waals surface area contributed by atoms with Crippen molar-refractivity contribution < 1.29 is 12.8 Å². The predicted octanol–water partition coefficient (Wildman–Crippen LogP) is 1.91. The summed E-state index contributed by atoms with van der Waals surface area (Å²) in [6.45, 7) is 3.22. The van der Waals surface area contributed by atoms with Gasteiger partial charge in [-0.2, -0.15) is 0 Å². The molecule has 1 fully saturated rings. The third-order valence-electron chi connectivity index (χ3n) is 4.02. The van der Waals surface area contributed by atoms with Gasteiger partial charge in [0.2, 0.25) is 10.0 Å². The summed E-state index contributed by atoms with van der Waals surface area (Å²) in [5, 5.41) is 3.30. The minimum absolute atomic E-state index is 0.219. The zero-order chi connectivity index (χ0) is 14.8. The average Bonchev–Trinajstić information content (AvgIpc) is 2.82. The Kier molecular flexibility index (Phi) is 4.88. The van der Waals surface area contributed by atoms with Crippen LogP contribution in [0.25, 0.3) is 0 Å². The van der Waals surface area contributed by atoms with Gasteiger partial charge in [0.1, 0.15) is 5.76 Å². The molecule has 0 saturated carbocycles. The molecule has 0 aromatic carbocycles. The second-order valence-corrected chi connectivity index (χ2v) is 7.68. The van der Waals surface area contributed by atoms with E-state index in [9.17, 15) is 8.42 Å². The monoisotopic (exact) mass is 300 g/mol. The van der Waals surface area contributed by atoms with Gasteiger partial charge in [0.05, 0.1) is 12.5 Å². The second-order valence-electron chi connectivity index (χ2n) is 5.70. The fraction of sp³-hybridized carbons (Fsp3) is 0.714. The molecule has 1 saturated heterocycles. The highest BCUT2D eigenvalue weighted by Crippen LogP contribution is 2.29. The first kappa shape index (κ1) is 15.5. The molecule has 6 heteroatoms. The molecular formula is C14H24N2O3S. The van der Waals surface area contributed by atoms with Crippen molar-refractivity contribution in [1.82, 2.24) is 9.62 Å². The molecule has 2 heterocycles. The summed E-state index contributed by atoms with van der Waals surface area (Å²) < 4.78 is 30.3. The van der Waals surface area contributed by atoms with Crippen LogP contribution in [0.3, 0.4) is 0 Å². The van der Waals surface area contributed by atoms with Gasteiger partial charge >= 0.3 is 0 Å². The highest BCUT2D eigenvalue weighted by atomic mass is 32.2. The van der Waals surface area contributed by atoms with E-state index in [0.717, 1.165) is 30.6 Å². The van der Waals surface area contributed by atoms with Crippen LogP contribution in [0.5, 0.6) is 0 Å². The number of rotatable bonds is 5. The smallest absolute Gasteiger partial charge is 0.211 e. The lowest BCUT2D eigenvalue weighted by Gasteiger charge is -2.32. The largest absolute Gasteiger partial charge is 0.469 e. The Morgan fingerprint density at radius 3 is 2.85 bits per heavy atom. The second kappa shape index (κ2) is 6.28. The Labute approximate surface area is 121 Å². The molecule has 1 aliphatic rings. The third kappa shape index (κ3) is 3.84. The summed E-state index contributed by atoms with van der Waals surface area (Å²) >= 11 is 0. The maximum Gasteiger partial charge on any atom is 0.211 e. The Bertz CT molecular complexity index is 538. The van der Waals surface area contributed by atoms with Crippen LogP contribution in [0.1, 0.15) is 36.6 Å². The highest BCUT2D eigenvalue weighted by molar-refractivity contribution is 7.88. The van der Waals surface area contributed by atoms with Crippen molar-refractivity contribution >= 4 is 10.0 Å². The van der Waals surface area contributed by atoms with Gasteiger partial charge in [-0.3, -0.25) is 0 Å². The quantitative estimate of drug-likeness (QED) is 0.902. The van der Waals surface area contributed by atoms with Crippen molar-refractivity contribution in [1.29, 1.82) is 0 Å². The molecule has 0 radical (unpaired) electrons. The van der Waals surface area contributed by atoms with Crippen LogP contribution in [0, 0.1) is 12.8 Å². The summed E-state index contributed by atoms with van der Waals surface area (Å²) in [5.41, 5.74) is 1.14. The molecule has 2 rings (SSSR count). The molecule has 114 valence electrons. The Morgan fingerprint density at radius 2 is 2.30 bits per heavy atom. The number of aryl methyl sites for hydroxylation is 1. The van der Waals surface area contributed by atoms with Gasteiger partial charge in [-0.1, -0.05) is 0 Å². The van der Waals surface area contributed by atoms with Crippen molar-refractivity contribution in [3.8, 4) is 0 Å². The molecule has 0 bridgehead atoms. The fourth-order valence-electron chi connectivity index (χ4n) is 2.92. The standard InChI is InChI=1S/C14H24N2O3S/c1-11-7-13(10-19-11)14(15-2)8-12-5-4-6-16(9-12)20(3,17)18/h7,10,12,14-15H,4-6,8-9H2,1-3H3. The molecular weight excluding hydrogens is 276 g/mol. The van der Waals surface area contributed by atoms with E-state index < -0.39 is 10.0 Å². The molecule has 2 unspecified atom stereocenters. The Hall–Kier alpha value is -0.850. The van der Waals surface area contributed by atoms with E-state index >= 15 is 0 Å². The Balaban J connectivity index is 2.01. The van der Waals surface area contributed by atoms with Crippen molar-refractivity contribution in [2.75, 3.05) is 26.4 Å². The molecule has 5 nitrogen and oxygen atoms in total. The molecule has 0 spiro atoms. The summed E-state index contributed by atoms with van der Waals surface area (Å²) in [5.74, 6) is 1.30. The fourth-order valence-corrected chi connectivity index (χ4v) is 3.86. The minimum atomic E-state index is -3.07. The van der Waals surface area contributed by atoms with Crippen molar-refractivity contribution in [2.45, 2.75) is 32.2 Å². The van der Waals surface area contributed by atoms with Gasteiger partial charge < -0.3 is 9.73 Å². The van der Waals surface area contributed by atoms with E-state index in [1.54, 1.807) is 10.6 Å². The van der Waals surface area contributed by atoms with E-state index in [0.29, 0.717) is 19.0 Å². The lowest BCUT2D eigenvalue weighted by atomic mass is 9.90. The normalized spacial score (nSPS) is 22.9. The SMILES string of the molecule is CNC(CC1CCCN(S(C)(=O)=O)C1)c1coc(C)c1. The van der Waals surface area contributed by atoms with E-state index in [-0.39, 0.29) is 6.04 Å². The number of nitrogens with one attached hydrogen (secondary N) is 1. The molecule has 20 heavy (non-hydrogen) atoms. The van der Waals surface area contributed by atoms with Crippen molar-refractivity contribution in [3.63, 3.8) is 0 Å². The van der Waals surface area contributed by atoms with Crippen LogP contribution in [0.15, 0.2) is 16.7 Å². The molecule has 1 N–H and O–H groups in total. The van der Waals surface area contributed by atoms with Crippen molar-refractivity contribution in [3.05, 3.63) is 23.7 Å². The number of sulfonamides is 1. The molecule has 0 aliphatic carbocycles. The van der Waals surface area contributed by atoms with Crippen LogP contribution in [0.2, 0.25) is 0 Å². The van der Waals surface area contributed by atoms with Crippen LogP contribution in [0.4, 0.5) is 0 Å². The maximum absolute atomic E-state index is 11.7. The number of hydrogen-bond acceptors (Lipinski definition) is 4. The van der Waals surface area contributed by atoms with Crippen molar-refractivity contribution in [2.24, 2.45) is 5.92 Å². The van der Waals surface area contributed by atoms with E-state index in [1.807, 2.05) is 20.0 Å². The number of nitrogens with zero attached hydrogens (tertiary/aromatic N) is 1. The van der Waals surface area contributed by atoms with Crippen LogP contribution >= 0.6 is 0 Å². The maximum atomic E-state index is 11.7. The van der Waals surface area contributed by atoms with Crippen LogP contribution in [-0.4, -0.2) is 39.1 Å². The summed E-state index contributed by atoms with van der Waals surface area (Å²) in [6.07, 6.45) is 6.04. The van der Waals surface area contributed by atoms with E-state index in [1.165, 1.54) is 6.26 Å². The first-order valence-electron chi connectivity index (χ1n) is 7.07.